The van der Waals surface area contributed by atoms with E-state index >= 15 is 0 Å². The minimum absolute atomic E-state index is 0.184. The summed E-state index contributed by atoms with van der Waals surface area (Å²) in [6.07, 6.45) is -0.990. The van der Waals surface area contributed by atoms with Crippen LogP contribution in [-0.4, -0.2) is 41.9 Å². The number of hydrogen-bond donors (Lipinski definition) is 0. The van der Waals surface area contributed by atoms with Crippen LogP contribution in [0.1, 0.15) is 27.9 Å². The van der Waals surface area contributed by atoms with E-state index in [1.54, 1.807) is 11.0 Å². The average molecular weight is 379 g/mol. The Morgan fingerprint density at radius 2 is 1.81 bits per heavy atom. The van der Waals surface area contributed by atoms with E-state index in [1.165, 1.54) is 30.6 Å². The molecular weight excluding hydrogens is 359 g/mol. The van der Waals surface area contributed by atoms with Crippen molar-refractivity contribution in [1.29, 1.82) is 0 Å². The molecule has 1 aromatic carbocycles. The van der Waals surface area contributed by atoms with Crippen molar-refractivity contribution in [2.24, 2.45) is 0 Å². The zero-order valence-electron chi connectivity index (χ0n) is 14.7. The lowest BCUT2D eigenvalue weighted by Crippen LogP contribution is -2.36. The van der Waals surface area contributed by atoms with Gasteiger partial charge >= 0.3 is 6.18 Å². The van der Waals surface area contributed by atoms with Gasteiger partial charge < -0.3 is 10.1 Å². The zero-order valence-corrected chi connectivity index (χ0v) is 14.7. The molecule has 8 heteroatoms. The van der Waals surface area contributed by atoms with Gasteiger partial charge in [0, 0.05) is 38.8 Å². The van der Waals surface area contributed by atoms with Crippen molar-refractivity contribution in [3.8, 4) is 0 Å². The highest BCUT2D eigenvalue weighted by atomic mass is 19.4. The summed E-state index contributed by atoms with van der Waals surface area (Å²) in [5.41, 5.74) is 0.499. The Kier molecular flexibility index (Phi) is 5.65. The molecule has 0 radical (unpaired) electrons. The first kappa shape index (κ1) is 19.2. The van der Waals surface area contributed by atoms with Gasteiger partial charge in [0.05, 0.1) is 5.56 Å². The molecular formula is C19H20F3N3O2. The summed E-state index contributed by atoms with van der Waals surface area (Å²) in [5, 5.41) is 11.4. The summed E-state index contributed by atoms with van der Waals surface area (Å²) >= 11 is 0. The molecule has 0 unspecified atom stereocenters. The highest BCUT2D eigenvalue weighted by Crippen LogP contribution is 2.29. The van der Waals surface area contributed by atoms with E-state index in [-0.39, 0.29) is 5.91 Å². The molecule has 1 aliphatic heterocycles. The lowest BCUT2D eigenvalue weighted by Gasteiger charge is -2.22. The molecule has 27 heavy (non-hydrogen) atoms. The molecule has 2 aromatic rings. The van der Waals surface area contributed by atoms with Crippen LogP contribution < -0.4 is 4.73 Å². The van der Waals surface area contributed by atoms with Gasteiger partial charge in [0.1, 0.15) is 5.56 Å². The van der Waals surface area contributed by atoms with E-state index in [4.69, 9.17) is 0 Å². The molecule has 1 fully saturated rings. The molecule has 5 nitrogen and oxygen atoms in total. The van der Waals surface area contributed by atoms with E-state index in [9.17, 15) is 23.2 Å². The van der Waals surface area contributed by atoms with Crippen molar-refractivity contribution in [2.75, 3.05) is 26.2 Å². The third-order valence-corrected chi connectivity index (χ3v) is 4.59. The number of carbonyl (C=O) groups is 1. The standard InChI is InChI=1S/C19H20F3N3O2/c20-19(21,22)17-6-4-15(5-7-17)13-23-8-2-9-24(12-11-23)18(26)16-3-1-10-25(27)14-16/h1,3-7,10,14H,2,8-9,11-13H2. The third kappa shape index (κ3) is 4.97. The van der Waals surface area contributed by atoms with Gasteiger partial charge in [-0.1, -0.05) is 12.1 Å². The van der Waals surface area contributed by atoms with Crippen LogP contribution in [0.25, 0.3) is 0 Å². The second kappa shape index (κ2) is 7.96. The Labute approximate surface area is 155 Å². The normalized spacial score (nSPS) is 16.2. The molecule has 0 aliphatic carbocycles. The van der Waals surface area contributed by atoms with Crippen molar-refractivity contribution >= 4 is 5.91 Å². The Morgan fingerprint density at radius 3 is 2.48 bits per heavy atom. The SMILES string of the molecule is O=C(c1ccc[n+]([O-])c1)N1CCCN(Cc2ccc(C(F)(F)F)cc2)CC1. The first-order chi connectivity index (χ1) is 12.8. The van der Waals surface area contributed by atoms with E-state index in [0.717, 1.165) is 30.7 Å². The number of rotatable bonds is 3. The van der Waals surface area contributed by atoms with Gasteiger partial charge in [0.2, 0.25) is 0 Å². The number of benzene rings is 1. The maximum Gasteiger partial charge on any atom is 0.416 e. The number of nitrogens with zero attached hydrogens (tertiary/aromatic N) is 3. The number of carbonyl (C=O) groups excluding carboxylic acids is 1. The maximum atomic E-state index is 12.6. The molecule has 0 saturated carbocycles. The van der Waals surface area contributed by atoms with Crippen LogP contribution in [0.5, 0.6) is 0 Å². The zero-order chi connectivity index (χ0) is 19.4. The predicted octanol–water partition coefficient (Wildman–Crippen LogP) is 2.69. The van der Waals surface area contributed by atoms with Gasteiger partial charge in [0.25, 0.3) is 5.91 Å². The summed E-state index contributed by atoms with van der Waals surface area (Å²) in [4.78, 5) is 16.4. The van der Waals surface area contributed by atoms with Crippen LogP contribution in [0, 0.1) is 5.21 Å². The molecule has 2 heterocycles. The summed E-state index contributed by atoms with van der Waals surface area (Å²) in [5.74, 6) is -0.184. The molecule has 1 saturated heterocycles. The number of hydrogen-bond acceptors (Lipinski definition) is 3. The molecule has 144 valence electrons. The average Bonchev–Trinajstić information content (AvgIpc) is 2.86. The lowest BCUT2D eigenvalue weighted by atomic mass is 10.1. The number of halogens is 3. The summed E-state index contributed by atoms with van der Waals surface area (Å²) in [6.45, 7) is 2.99. The second-order valence-corrected chi connectivity index (χ2v) is 6.57. The number of pyridine rings is 1. The molecule has 0 bridgehead atoms. The van der Waals surface area contributed by atoms with E-state index in [1.807, 2.05) is 0 Å². The van der Waals surface area contributed by atoms with Crippen LogP contribution in [0.2, 0.25) is 0 Å². The Morgan fingerprint density at radius 1 is 1.07 bits per heavy atom. The Hall–Kier alpha value is -2.61. The topological polar surface area (TPSA) is 50.5 Å². The monoisotopic (exact) mass is 379 g/mol. The van der Waals surface area contributed by atoms with Gasteiger partial charge in [-0.05, 0) is 30.2 Å². The molecule has 0 N–H and O–H groups in total. The minimum Gasteiger partial charge on any atom is -0.619 e. The molecule has 1 aromatic heterocycles. The van der Waals surface area contributed by atoms with E-state index < -0.39 is 11.7 Å². The largest absolute Gasteiger partial charge is 0.619 e. The van der Waals surface area contributed by atoms with E-state index in [2.05, 4.69) is 4.90 Å². The third-order valence-electron chi connectivity index (χ3n) is 4.59. The highest BCUT2D eigenvalue weighted by Gasteiger charge is 2.30. The van der Waals surface area contributed by atoms with Crippen LogP contribution in [0.15, 0.2) is 48.8 Å². The fourth-order valence-corrected chi connectivity index (χ4v) is 3.15. The first-order valence-electron chi connectivity index (χ1n) is 8.69. The molecule has 1 amide bonds. The van der Waals surface area contributed by atoms with Crippen LogP contribution in [-0.2, 0) is 12.7 Å². The fraction of sp³-hybridized carbons (Fsp3) is 0.368. The minimum atomic E-state index is -4.33. The van der Waals surface area contributed by atoms with Crippen LogP contribution in [0.4, 0.5) is 13.2 Å². The Bertz CT molecular complexity index is 794. The van der Waals surface area contributed by atoms with Crippen LogP contribution in [0.3, 0.4) is 0 Å². The first-order valence-corrected chi connectivity index (χ1v) is 8.69. The number of alkyl halides is 3. The molecule has 0 spiro atoms. The number of amides is 1. The van der Waals surface area contributed by atoms with Crippen molar-refractivity contribution < 1.29 is 22.7 Å². The molecule has 1 aliphatic rings. The van der Waals surface area contributed by atoms with E-state index in [0.29, 0.717) is 36.5 Å². The van der Waals surface area contributed by atoms with Gasteiger partial charge in [-0.25, -0.2) is 0 Å². The van der Waals surface area contributed by atoms with Crippen molar-refractivity contribution in [1.82, 2.24) is 9.80 Å². The van der Waals surface area contributed by atoms with Crippen molar-refractivity contribution in [2.45, 2.75) is 19.1 Å². The summed E-state index contributed by atoms with van der Waals surface area (Å²) < 4.78 is 38.5. The molecule has 0 atom stereocenters. The van der Waals surface area contributed by atoms with Crippen LogP contribution >= 0.6 is 0 Å². The van der Waals surface area contributed by atoms with Gasteiger partial charge in [0.15, 0.2) is 12.4 Å². The summed E-state index contributed by atoms with van der Waals surface area (Å²) in [7, 11) is 0. The molecule has 3 rings (SSSR count). The quantitative estimate of drug-likeness (QED) is 0.609. The van der Waals surface area contributed by atoms with Gasteiger partial charge in [-0.2, -0.15) is 17.9 Å². The predicted molar refractivity (Wildman–Crippen MR) is 92.6 cm³/mol. The fourth-order valence-electron chi connectivity index (χ4n) is 3.15. The Balaban J connectivity index is 1.59. The highest BCUT2D eigenvalue weighted by molar-refractivity contribution is 5.93. The lowest BCUT2D eigenvalue weighted by molar-refractivity contribution is -0.605. The van der Waals surface area contributed by atoms with Gasteiger partial charge in [-0.3, -0.25) is 9.69 Å². The number of aromatic nitrogens is 1. The van der Waals surface area contributed by atoms with Crippen molar-refractivity contribution in [3.63, 3.8) is 0 Å². The second-order valence-electron chi connectivity index (χ2n) is 6.57. The summed E-state index contributed by atoms with van der Waals surface area (Å²) in [6, 6.07) is 8.32. The van der Waals surface area contributed by atoms with Gasteiger partial charge in [-0.15, -0.1) is 0 Å². The maximum absolute atomic E-state index is 12.6. The van der Waals surface area contributed by atoms with Crippen molar-refractivity contribution in [3.05, 3.63) is 70.7 Å². The smallest absolute Gasteiger partial charge is 0.416 e.